The molecule has 1 heterocycles. The van der Waals surface area contributed by atoms with Crippen molar-refractivity contribution in [3.05, 3.63) is 29.9 Å². The number of aromatic nitrogens is 2. The first-order chi connectivity index (χ1) is 7.84. The van der Waals surface area contributed by atoms with Gasteiger partial charge in [-0.2, -0.15) is 13.2 Å². The highest BCUT2D eigenvalue weighted by Gasteiger charge is 2.37. The zero-order chi connectivity index (χ0) is 12.8. The van der Waals surface area contributed by atoms with Crippen LogP contribution in [0.4, 0.5) is 13.2 Å². The maximum atomic E-state index is 12.5. The van der Waals surface area contributed by atoms with Crippen LogP contribution >= 0.6 is 0 Å². The van der Waals surface area contributed by atoms with Crippen molar-refractivity contribution in [2.24, 2.45) is 7.05 Å². The van der Waals surface area contributed by atoms with Gasteiger partial charge in [0, 0.05) is 7.05 Å². The summed E-state index contributed by atoms with van der Waals surface area (Å²) in [5, 5.41) is 14.7. The van der Waals surface area contributed by atoms with Gasteiger partial charge >= 0.3 is 6.18 Å². The third-order valence-electron chi connectivity index (χ3n) is 2.51. The summed E-state index contributed by atoms with van der Waals surface area (Å²) in [6.07, 6.45) is -4.77. The second kappa shape index (κ2) is 3.47. The number of hydrogen-bond acceptors (Lipinski definition) is 2. The molecular formula is C10H9F3N4. The summed E-state index contributed by atoms with van der Waals surface area (Å²) in [4.78, 5) is 0. The zero-order valence-electron chi connectivity index (χ0n) is 8.84. The van der Waals surface area contributed by atoms with Crippen molar-refractivity contribution >= 4 is 16.9 Å². The number of aryl methyl sites for hydroxylation is 1. The van der Waals surface area contributed by atoms with Crippen molar-refractivity contribution in [1.82, 2.24) is 9.13 Å². The first kappa shape index (κ1) is 11.4. The predicted molar refractivity (Wildman–Crippen MR) is 55.9 cm³/mol. The molecule has 0 saturated heterocycles. The van der Waals surface area contributed by atoms with E-state index in [0.717, 1.165) is 0 Å². The van der Waals surface area contributed by atoms with Crippen LogP contribution in [0.3, 0.4) is 0 Å². The van der Waals surface area contributed by atoms with E-state index in [1.165, 1.54) is 17.7 Å². The van der Waals surface area contributed by atoms with E-state index in [1.807, 2.05) is 0 Å². The molecule has 0 spiro atoms. The van der Waals surface area contributed by atoms with Gasteiger partial charge < -0.3 is 4.57 Å². The van der Waals surface area contributed by atoms with Crippen LogP contribution in [0.5, 0.6) is 0 Å². The highest BCUT2D eigenvalue weighted by molar-refractivity contribution is 5.94. The quantitative estimate of drug-likeness (QED) is 0.523. The minimum Gasteiger partial charge on any atom is -0.313 e. The van der Waals surface area contributed by atoms with Gasteiger partial charge in [0.25, 0.3) is 0 Å². The normalized spacial score (nSPS) is 12.0. The SMILES string of the molecule is Cn1c(=N)n(C(=N)C(F)(F)F)c2ccccc21. The third-order valence-corrected chi connectivity index (χ3v) is 2.51. The number of nitrogens with one attached hydrogen (secondary N) is 2. The van der Waals surface area contributed by atoms with Crippen molar-refractivity contribution in [3.8, 4) is 0 Å². The van der Waals surface area contributed by atoms with Gasteiger partial charge in [-0.15, -0.1) is 0 Å². The molecule has 0 aliphatic heterocycles. The Hall–Kier alpha value is -2.05. The number of rotatable bonds is 0. The number of benzene rings is 1. The molecule has 0 bridgehead atoms. The van der Waals surface area contributed by atoms with Gasteiger partial charge in [-0.25, -0.2) is 0 Å². The van der Waals surface area contributed by atoms with E-state index < -0.39 is 12.0 Å². The lowest BCUT2D eigenvalue weighted by atomic mass is 10.3. The third kappa shape index (κ3) is 1.63. The predicted octanol–water partition coefficient (Wildman–Crippen LogP) is 1.85. The molecule has 1 aromatic carbocycles. The fraction of sp³-hybridized carbons (Fsp3) is 0.200. The average Bonchev–Trinajstić information content (AvgIpc) is 2.51. The highest BCUT2D eigenvalue weighted by Crippen LogP contribution is 2.20. The molecule has 0 fully saturated rings. The van der Waals surface area contributed by atoms with E-state index in [0.29, 0.717) is 10.1 Å². The minimum absolute atomic E-state index is 0.197. The smallest absolute Gasteiger partial charge is 0.313 e. The largest absolute Gasteiger partial charge is 0.449 e. The molecule has 7 heteroatoms. The summed E-state index contributed by atoms with van der Waals surface area (Å²) in [7, 11) is 1.49. The Labute approximate surface area is 93.9 Å². The van der Waals surface area contributed by atoms with Crippen molar-refractivity contribution in [3.63, 3.8) is 0 Å². The Balaban J connectivity index is 2.83. The fourth-order valence-electron chi connectivity index (χ4n) is 1.67. The second-order valence-corrected chi connectivity index (χ2v) is 3.55. The van der Waals surface area contributed by atoms with Gasteiger partial charge in [0.2, 0.25) is 11.5 Å². The highest BCUT2D eigenvalue weighted by atomic mass is 19.4. The van der Waals surface area contributed by atoms with Crippen molar-refractivity contribution in [2.45, 2.75) is 6.18 Å². The van der Waals surface area contributed by atoms with E-state index in [1.54, 1.807) is 18.2 Å². The van der Waals surface area contributed by atoms with E-state index in [9.17, 15) is 13.2 Å². The van der Waals surface area contributed by atoms with Gasteiger partial charge in [0.15, 0.2) is 0 Å². The Morgan fingerprint density at radius 3 is 2.24 bits per heavy atom. The molecule has 2 aromatic rings. The first-order valence-electron chi connectivity index (χ1n) is 4.71. The Morgan fingerprint density at radius 1 is 1.18 bits per heavy atom. The van der Waals surface area contributed by atoms with E-state index in [2.05, 4.69) is 0 Å². The number of halogens is 3. The number of hydrogen-bond donors (Lipinski definition) is 2. The average molecular weight is 242 g/mol. The Bertz CT molecular complexity index is 648. The van der Waals surface area contributed by atoms with Crippen molar-refractivity contribution < 1.29 is 13.2 Å². The Kier molecular flexibility index (Phi) is 2.34. The summed E-state index contributed by atoms with van der Waals surface area (Å²) in [6, 6.07) is 6.30. The van der Waals surface area contributed by atoms with Crippen LogP contribution in [-0.4, -0.2) is 21.1 Å². The minimum atomic E-state index is -4.77. The monoisotopic (exact) mass is 242 g/mol. The zero-order valence-corrected chi connectivity index (χ0v) is 8.84. The first-order valence-corrected chi connectivity index (χ1v) is 4.71. The lowest BCUT2D eigenvalue weighted by Crippen LogP contribution is -2.37. The summed E-state index contributed by atoms with van der Waals surface area (Å²) in [5.74, 6) is -1.56. The van der Waals surface area contributed by atoms with Gasteiger partial charge in [-0.05, 0) is 12.1 Å². The molecule has 4 nitrogen and oxygen atoms in total. The van der Waals surface area contributed by atoms with Crippen LogP contribution in [0.1, 0.15) is 0 Å². The number of imidazole rings is 1. The second-order valence-electron chi connectivity index (χ2n) is 3.55. The van der Waals surface area contributed by atoms with Gasteiger partial charge in [-0.3, -0.25) is 15.4 Å². The molecule has 0 aliphatic carbocycles. The fourth-order valence-corrected chi connectivity index (χ4v) is 1.67. The molecule has 0 amide bonds. The van der Waals surface area contributed by atoms with E-state index in [-0.39, 0.29) is 11.1 Å². The maximum absolute atomic E-state index is 12.5. The van der Waals surface area contributed by atoms with Crippen LogP contribution < -0.4 is 5.62 Å². The summed E-state index contributed by atoms with van der Waals surface area (Å²) in [6.45, 7) is 0. The lowest BCUT2D eigenvalue weighted by Gasteiger charge is -2.09. The van der Waals surface area contributed by atoms with Crippen molar-refractivity contribution in [2.75, 3.05) is 0 Å². The van der Waals surface area contributed by atoms with E-state index >= 15 is 0 Å². The number of fused-ring (bicyclic) bond motifs is 1. The molecule has 0 radical (unpaired) electrons. The van der Waals surface area contributed by atoms with Crippen LogP contribution in [-0.2, 0) is 7.05 Å². The molecule has 0 saturated carbocycles. The van der Waals surface area contributed by atoms with Crippen molar-refractivity contribution in [1.29, 1.82) is 10.8 Å². The molecule has 2 rings (SSSR count). The van der Waals surface area contributed by atoms with Crippen LogP contribution in [0.25, 0.3) is 11.0 Å². The number of nitrogens with zero attached hydrogens (tertiary/aromatic N) is 2. The lowest BCUT2D eigenvalue weighted by molar-refractivity contribution is -0.0624. The summed E-state index contributed by atoms with van der Waals surface area (Å²) >= 11 is 0. The molecule has 17 heavy (non-hydrogen) atoms. The standard InChI is InChI=1S/C10H9F3N4/c1-16-6-4-2-3-5-7(6)17(9(16)15)8(14)10(11,12)13/h2-5,14-15H,1H3. The molecule has 90 valence electrons. The summed E-state index contributed by atoms with van der Waals surface area (Å²) in [5.41, 5.74) is 0.294. The molecule has 0 unspecified atom stereocenters. The molecule has 0 aliphatic rings. The van der Waals surface area contributed by atoms with Gasteiger partial charge in [0.05, 0.1) is 11.0 Å². The number of alkyl halides is 3. The van der Waals surface area contributed by atoms with E-state index in [4.69, 9.17) is 10.8 Å². The molecule has 0 atom stereocenters. The summed E-state index contributed by atoms with van der Waals surface area (Å²) < 4.78 is 39.4. The molecule has 1 aromatic heterocycles. The topological polar surface area (TPSA) is 57.6 Å². The number of para-hydroxylation sites is 2. The van der Waals surface area contributed by atoms with Crippen LogP contribution in [0.2, 0.25) is 0 Å². The molecule has 2 N–H and O–H groups in total. The maximum Gasteiger partial charge on any atom is 0.449 e. The Morgan fingerprint density at radius 2 is 1.71 bits per heavy atom. The molecular weight excluding hydrogens is 233 g/mol. The van der Waals surface area contributed by atoms with Gasteiger partial charge in [0.1, 0.15) is 0 Å². The van der Waals surface area contributed by atoms with Crippen LogP contribution in [0, 0.1) is 10.8 Å². The van der Waals surface area contributed by atoms with Gasteiger partial charge in [-0.1, -0.05) is 12.1 Å². The van der Waals surface area contributed by atoms with Crippen LogP contribution in [0.15, 0.2) is 24.3 Å².